The van der Waals surface area contributed by atoms with E-state index in [0.29, 0.717) is 36.0 Å². The van der Waals surface area contributed by atoms with E-state index in [-0.39, 0.29) is 5.91 Å². The lowest BCUT2D eigenvalue weighted by Gasteiger charge is -2.12. The number of amides is 1. The molecule has 2 rings (SSSR count). The van der Waals surface area contributed by atoms with Crippen LogP contribution >= 0.6 is 0 Å². The van der Waals surface area contributed by atoms with Crippen molar-refractivity contribution in [1.82, 2.24) is 4.98 Å². The molecule has 0 aliphatic rings. The Morgan fingerprint density at radius 1 is 1.33 bits per heavy atom. The summed E-state index contributed by atoms with van der Waals surface area (Å²) in [6.07, 6.45) is 0. The maximum Gasteiger partial charge on any atom is 0.221 e. The summed E-state index contributed by atoms with van der Waals surface area (Å²) in [6.45, 7) is 6.16. The van der Waals surface area contributed by atoms with Crippen LogP contribution in [0.1, 0.15) is 23.7 Å². The Hall–Kier alpha value is -3.07. The van der Waals surface area contributed by atoms with Gasteiger partial charge in [-0.1, -0.05) is 6.07 Å². The number of rotatable bonds is 6. The van der Waals surface area contributed by atoms with Crippen LogP contribution in [0.5, 0.6) is 5.75 Å². The second kappa shape index (κ2) is 7.97. The third-order valence-electron chi connectivity index (χ3n) is 3.27. The first-order chi connectivity index (χ1) is 11.5. The maximum absolute atomic E-state index is 11.1. The number of benzene rings is 1. The van der Waals surface area contributed by atoms with Gasteiger partial charge in [0.2, 0.25) is 5.91 Å². The molecule has 0 saturated carbocycles. The Balaban J connectivity index is 1.92. The van der Waals surface area contributed by atoms with Crippen LogP contribution in [0.15, 0.2) is 30.3 Å². The molecule has 1 aromatic heterocycles. The number of hydrogen-bond acceptors (Lipinski definition) is 5. The highest BCUT2D eigenvalue weighted by Gasteiger charge is 2.08. The summed E-state index contributed by atoms with van der Waals surface area (Å²) in [7, 11) is 0. The van der Waals surface area contributed by atoms with Crippen LogP contribution in [0, 0.1) is 25.2 Å². The first-order valence-electron chi connectivity index (χ1n) is 7.62. The largest absolute Gasteiger partial charge is 0.492 e. The number of nitrogens with one attached hydrogen (secondary N) is 2. The van der Waals surface area contributed by atoms with Crippen LogP contribution in [0.3, 0.4) is 0 Å². The van der Waals surface area contributed by atoms with E-state index in [9.17, 15) is 10.1 Å². The summed E-state index contributed by atoms with van der Waals surface area (Å²) in [6, 6.07) is 11.2. The zero-order chi connectivity index (χ0) is 17.5. The molecule has 1 heterocycles. The Kier molecular flexibility index (Phi) is 5.74. The van der Waals surface area contributed by atoms with Gasteiger partial charge in [0.15, 0.2) is 0 Å². The molecule has 0 aliphatic carbocycles. The first-order valence-corrected chi connectivity index (χ1v) is 7.62. The number of aromatic nitrogens is 1. The van der Waals surface area contributed by atoms with Gasteiger partial charge in [-0.15, -0.1) is 0 Å². The minimum absolute atomic E-state index is 0.126. The summed E-state index contributed by atoms with van der Waals surface area (Å²) < 4.78 is 5.66. The SMILES string of the molecule is CC(=O)Nc1cccc(OCCNc2nc(C)cc(C)c2C#N)c1. The Morgan fingerprint density at radius 2 is 2.12 bits per heavy atom. The van der Waals surface area contributed by atoms with E-state index in [0.717, 1.165) is 11.3 Å². The van der Waals surface area contributed by atoms with Gasteiger partial charge in [-0.25, -0.2) is 4.98 Å². The number of hydrogen-bond donors (Lipinski definition) is 2. The molecular formula is C18H20N4O2. The van der Waals surface area contributed by atoms with Crippen molar-refractivity contribution >= 4 is 17.4 Å². The van der Waals surface area contributed by atoms with Gasteiger partial charge in [0.25, 0.3) is 0 Å². The van der Waals surface area contributed by atoms with Crippen LogP contribution < -0.4 is 15.4 Å². The second-order valence-electron chi connectivity index (χ2n) is 5.40. The van der Waals surface area contributed by atoms with E-state index < -0.39 is 0 Å². The minimum atomic E-state index is -0.126. The van der Waals surface area contributed by atoms with Crippen molar-refractivity contribution < 1.29 is 9.53 Å². The summed E-state index contributed by atoms with van der Waals surface area (Å²) in [5, 5.41) is 15.1. The van der Waals surface area contributed by atoms with Crippen LogP contribution in [0.25, 0.3) is 0 Å². The van der Waals surface area contributed by atoms with Crippen LogP contribution in [-0.2, 0) is 4.79 Å². The molecule has 0 aliphatic heterocycles. The molecule has 1 amide bonds. The van der Waals surface area contributed by atoms with Crippen molar-refractivity contribution in [2.45, 2.75) is 20.8 Å². The van der Waals surface area contributed by atoms with E-state index >= 15 is 0 Å². The van der Waals surface area contributed by atoms with Crippen molar-refractivity contribution in [3.63, 3.8) is 0 Å². The van der Waals surface area contributed by atoms with Gasteiger partial charge in [-0.05, 0) is 37.6 Å². The highest BCUT2D eigenvalue weighted by Crippen LogP contribution is 2.18. The van der Waals surface area contributed by atoms with E-state index in [1.165, 1.54) is 6.92 Å². The van der Waals surface area contributed by atoms with Crippen molar-refractivity contribution in [2.75, 3.05) is 23.8 Å². The van der Waals surface area contributed by atoms with Gasteiger partial charge in [0, 0.05) is 24.4 Å². The Labute approximate surface area is 141 Å². The Morgan fingerprint density at radius 3 is 2.83 bits per heavy atom. The zero-order valence-electron chi connectivity index (χ0n) is 14.0. The number of nitrogens with zero attached hydrogens (tertiary/aromatic N) is 2. The molecular weight excluding hydrogens is 304 g/mol. The number of anilines is 2. The average Bonchev–Trinajstić information content (AvgIpc) is 2.51. The number of carbonyl (C=O) groups is 1. The van der Waals surface area contributed by atoms with E-state index in [1.54, 1.807) is 12.1 Å². The third kappa shape index (κ3) is 4.71. The van der Waals surface area contributed by atoms with Gasteiger partial charge in [-0.3, -0.25) is 4.79 Å². The molecule has 6 heteroatoms. The number of carbonyl (C=O) groups excluding carboxylic acids is 1. The molecule has 0 unspecified atom stereocenters. The Bertz CT molecular complexity index is 781. The standard InChI is InChI=1S/C18H20N4O2/c1-12-9-13(2)21-18(17(12)11-19)20-7-8-24-16-6-4-5-15(10-16)22-14(3)23/h4-6,9-10H,7-8H2,1-3H3,(H,20,21)(H,22,23). The molecule has 0 radical (unpaired) electrons. The lowest BCUT2D eigenvalue weighted by atomic mass is 10.1. The number of ether oxygens (including phenoxy) is 1. The van der Waals surface area contributed by atoms with Gasteiger partial charge >= 0.3 is 0 Å². The number of pyridine rings is 1. The summed E-state index contributed by atoms with van der Waals surface area (Å²) in [4.78, 5) is 15.4. The lowest BCUT2D eigenvalue weighted by Crippen LogP contribution is -2.14. The monoisotopic (exact) mass is 324 g/mol. The van der Waals surface area contributed by atoms with E-state index in [1.807, 2.05) is 32.0 Å². The average molecular weight is 324 g/mol. The van der Waals surface area contributed by atoms with E-state index in [2.05, 4.69) is 21.7 Å². The third-order valence-corrected chi connectivity index (χ3v) is 3.27. The fourth-order valence-electron chi connectivity index (χ4n) is 2.31. The fraction of sp³-hybridized carbons (Fsp3) is 0.278. The smallest absolute Gasteiger partial charge is 0.221 e. The molecule has 0 atom stereocenters. The summed E-state index contributed by atoms with van der Waals surface area (Å²) in [5.74, 6) is 1.11. The maximum atomic E-state index is 11.1. The molecule has 0 spiro atoms. The molecule has 24 heavy (non-hydrogen) atoms. The molecule has 6 nitrogen and oxygen atoms in total. The van der Waals surface area contributed by atoms with Gasteiger partial charge in [0.1, 0.15) is 24.2 Å². The predicted molar refractivity (Wildman–Crippen MR) is 93.2 cm³/mol. The highest BCUT2D eigenvalue weighted by molar-refractivity contribution is 5.88. The number of aryl methyl sites for hydroxylation is 2. The van der Waals surface area contributed by atoms with Crippen LogP contribution in [0.4, 0.5) is 11.5 Å². The van der Waals surface area contributed by atoms with E-state index in [4.69, 9.17) is 4.74 Å². The molecule has 0 saturated heterocycles. The fourth-order valence-corrected chi connectivity index (χ4v) is 2.31. The number of nitriles is 1. The summed E-state index contributed by atoms with van der Waals surface area (Å²) >= 11 is 0. The quantitative estimate of drug-likeness (QED) is 0.798. The highest BCUT2D eigenvalue weighted by atomic mass is 16.5. The normalized spacial score (nSPS) is 9.92. The van der Waals surface area contributed by atoms with Gasteiger partial charge in [0.05, 0.1) is 12.1 Å². The molecule has 124 valence electrons. The second-order valence-corrected chi connectivity index (χ2v) is 5.40. The molecule has 0 bridgehead atoms. The zero-order valence-corrected chi connectivity index (χ0v) is 14.0. The first kappa shape index (κ1) is 17.3. The predicted octanol–water partition coefficient (Wildman–Crippen LogP) is 3.02. The van der Waals surface area contributed by atoms with Gasteiger partial charge < -0.3 is 15.4 Å². The topological polar surface area (TPSA) is 87.0 Å². The van der Waals surface area contributed by atoms with Gasteiger partial charge in [-0.2, -0.15) is 5.26 Å². The van der Waals surface area contributed by atoms with Crippen LogP contribution in [0.2, 0.25) is 0 Å². The van der Waals surface area contributed by atoms with Crippen molar-refractivity contribution in [2.24, 2.45) is 0 Å². The van der Waals surface area contributed by atoms with Crippen molar-refractivity contribution in [3.05, 3.63) is 47.2 Å². The molecule has 1 aromatic carbocycles. The molecule has 0 fully saturated rings. The minimum Gasteiger partial charge on any atom is -0.492 e. The van der Waals surface area contributed by atoms with Crippen molar-refractivity contribution in [3.8, 4) is 11.8 Å². The molecule has 2 aromatic rings. The lowest BCUT2D eigenvalue weighted by molar-refractivity contribution is -0.114. The molecule has 2 N–H and O–H groups in total. The van der Waals surface area contributed by atoms with Crippen molar-refractivity contribution in [1.29, 1.82) is 5.26 Å². The summed E-state index contributed by atoms with van der Waals surface area (Å²) in [5.41, 5.74) is 3.00. The van der Waals surface area contributed by atoms with Crippen LogP contribution in [-0.4, -0.2) is 24.0 Å².